The summed E-state index contributed by atoms with van der Waals surface area (Å²) in [6, 6.07) is 9.68. The van der Waals surface area contributed by atoms with Gasteiger partial charge in [0.05, 0.1) is 6.04 Å². The van der Waals surface area contributed by atoms with Crippen molar-refractivity contribution in [2.24, 2.45) is 0 Å². The molecule has 0 aliphatic carbocycles. The number of benzene rings is 1. The lowest BCUT2D eigenvalue weighted by atomic mass is 10.2. The molecule has 2 rings (SSSR count). The van der Waals surface area contributed by atoms with Gasteiger partial charge in [-0.05, 0) is 31.5 Å². The maximum atomic E-state index is 11.9. The van der Waals surface area contributed by atoms with Crippen LogP contribution in [0.1, 0.15) is 24.9 Å². The molecule has 1 N–H and O–H groups in total. The molecule has 0 aliphatic heterocycles. The summed E-state index contributed by atoms with van der Waals surface area (Å²) in [7, 11) is 0. The van der Waals surface area contributed by atoms with Crippen molar-refractivity contribution in [1.29, 1.82) is 0 Å². The van der Waals surface area contributed by atoms with E-state index in [0.29, 0.717) is 6.42 Å². The second-order valence-corrected chi connectivity index (χ2v) is 4.40. The quantitative estimate of drug-likeness (QED) is 0.897. The van der Waals surface area contributed by atoms with Crippen molar-refractivity contribution < 1.29 is 4.79 Å². The minimum atomic E-state index is 0.00676. The van der Waals surface area contributed by atoms with Crippen molar-refractivity contribution >= 4 is 11.6 Å². The highest BCUT2D eigenvalue weighted by atomic mass is 16.1. The number of amides is 1. The molecule has 4 heteroatoms. The maximum Gasteiger partial charge on any atom is 0.226 e. The van der Waals surface area contributed by atoms with Crippen LogP contribution in [0.15, 0.2) is 42.7 Å². The molecule has 18 heavy (non-hydrogen) atoms. The lowest BCUT2D eigenvalue weighted by molar-refractivity contribution is -0.116. The Balaban J connectivity index is 1.95. The first-order valence-electron chi connectivity index (χ1n) is 6.01. The summed E-state index contributed by atoms with van der Waals surface area (Å²) in [5.74, 6) is 0.00676. The molecule has 0 fully saturated rings. The normalized spacial score (nSPS) is 12.1. The predicted molar refractivity (Wildman–Crippen MR) is 71.4 cm³/mol. The SMILES string of the molecule is Cc1ccccc1NC(=O)CC(C)n1cccn1. The Kier molecular flexibility index (Phi) is 3.77. The topological polar surface area (TPSA) is 46.9 Å². The van der Waals surface area contributed by atoms with Gasteiger partial charge in [-0.15, -0.1) is 0 Å². The summed E-state index contributed by atoms with van der Waals surface area (Å²) in [6.45, 7) is 3.96. The number of carbonyl (C=O) groups is 1. The van der Waals surface area contributed by atoms with Gasteiger partial charge in [0.25, 0.3) is 0 Å². The highest BCUT2D eigenvalue weighted by Gasteiger charge is 2.11. The Bertz CT molecular complexity index is 520. The summed E-state index contributed by atoms with van der Waals surface area (Å²) in [5.41, 5.74) is 1.94. The van der Waals surface area contributed by atoms with Crippen LogP contribution >= 0.6 is 0 Å². The Hall–Kier alpha value is -2.10. The Morgan fingerprint density at radius 3 is 2.83 bits per heavy atom. The van der Waals surface area contributed by atoms with Gasteiger partial charge < -0.3 is 5.32 Å². The van der Waals surface area contributed by atoms with Crippen molar-refractivity contribution in [3.8, 4) is 0 Å². The first kappa shape index (κ1) is 12.4. The third kappa shape index (κ3) is 2.97. The van der Waals surface area contributed by atoms with E-state index in [1.807, 2.05) is 50.4 Å². The summed E-state index contributed by atoms with van der Waals surface area (Å²) in [4.78, 5) is 11.9. The molecule has 1 aromatic heterocycles. The smallest absolute Gasteiger partial charge is 0.226 e. The summed E-state index contributed by atoms with van der Waals surface area (Å²) < 4.78 is 1.79. The number of aryl methyl sites for hydroxylation is 1. The van der Waals surface area contributed by atoms with Gasteiger partial charge in [0.15, 0.2) is 0 Å². The van der Waals surface area contributed by atoms with E-state index in [-0.39, 0.29) is 11.9 Å². The van der Waals surface area contributed by atoms with E-state index in [1.54, 1.807) is 10.9 Å². The van der Waals surface area contributed by atoms with Crippen molar-refractivity contribution in [3.63, 3.8) is 0 Å². The van der Waals surface area contributed by atoms with Crippen LogP contribution in [0, 0.1) is 6.92 Å². The molecule has 0 aliphatic rings. The lowest BCUT2D eigenvalue weighted by Crippen LogP contribution is -2.18. The molecule has 2 aromatic rings. The fourth-order valence-corrected chi connectivity index (χ4v) is 1.82. The Morgan fingerprint density at radius 1 is 1.39 bits per heavy atom. The van der Waals surface area contributed by atoms with Crippen LogP contribution in [0.2, 0.25) is 0 Å². The standard InChI is InChI=1S/C14H17N3O/c1-11-6-3-4-7-13(11)16-14(18)10-12(2)17-9-5-8-15-17/h3-9,12H,10H2,1-2H3,(H,16,18). The first-order valence-corrected chi connectivity index (χ1v) is 6.01. The molecule has 0 bridgehead atoms. The van der Waals surface area contributed by atoms with E-state index in [2.05, 4.69) is 10.4 Å². The number of rotatable bonds is 4. The van der Waals surface area contributed by atoms with E-state index >= 15 is 0 Å². The zero-order valence-electron chi connectivity index (χ0n) is 10.6. The molecule has 4 nitrogen and oxygen atoms in total. The van der Waals surface area contributed by atoms with Gasteiger partial charge in [-0.2, -0.15) is 5.10 Å². The Labute approximate surface area is 107 Å². The summed E-state index contributed by atoms with van der Waals surface area (Å²) >= 11 is 0. The van der Waals surface area contributed by atoms with Crippen molar-refractivity contribution in [3.05, 3.63) is 48.3 Å². The maximum absolute atomic E-state index is 11.9. The van der Waals surface area contributed by atoms with Crippen LogP contribution in [-0.4, -0.2) is 15.7 Å². The molecule has 1 amide bonds. The van der Waals surface area contributed by atoms with Gasteiger partial charge in [0, 0.05) is 24.5 Å². The van der Waals surface area contributed by atoms with Gasteiger partial charge in [-0.1, -0.05) is 18.2 Å². The number of hydrogen-bond acceptors (Lipinski definition) is 2. The third-order valence-corrected chi connectivity index (χ3v) is 2.88. The van der Waals surface area contributed by atoms with E-state index in [0.717, 1.165) is 11.3 Å². The molecule has 0 radical (unpaired) electrons. The monoisotopic (exact) mass is 243 g/mol. The minimum Gasteiger partial charge on any atom is -0.326 e. The molecular formula is C14H17N3O. The predicted octanol–water partition coefficient (Wildman–Crippen LogP) is 2.78. The highest BCUT2D eigenvalue weighted by molar-refractivity contribution is 5.91. The largest absolute Gasteiger partial charge is 0.326 e. The minimum absolute atomic E-state index is 0.00676. The number of para-hydroxylation sites is 1. The number of anilines is 1. The zero-order valence-corrected chi connectivity index (χ0v) is 10.6. The molecular weight excluding hydrogens is 226 g/mol. The fourth-order valence-electron chi connectivity index (χ4n) is 1.82. The average Bonchev–Trinajstić information content (AvgIpc) is 2.85. The van der Waals surface area contributed by atoms with Gasteiger partial charge in [0.2, 0.25) is 5.91 Å². The third-order valence-electron chi connectivity index (χ3n) is 2.88. The number of nitrogens with one attached hydrogen (secondary N) is 1. The van der Waals surface area contributed by atoms with E-state index in [9.17, 15) is 4.79 Å². The van der Waals surface area contributed by atoms with Crippen LogP contribution in [0.3, 0.4) is 0 Å². The molecule has 94 valence electrons. The zero-order chi connectivity index (χ0) is 13.0. The number of carbonyl (C=O) groups excluding carboxylic acids is 1. The molecule has 1 heterocycles. The van der Waals surface area contributed by atoms with E-state index in [4.69, 9.17) is 0 Å². The molecule has 0 spiro atoms. The molecule has 0 saturated carbocycles. The molecule has 1 atom stereocenters. The van der Waals surface area contributed by atoms with Gasteiger partial charge in [-0.25, -0.2) is 0 Å². The van der Waals surface area contributed by atoms with Gasteiger partial charge >= 0.3 is 0 Å². The molecule has 1 unspecified atom stereocenters. The number of nitrogens with zero attached hydrogens (tertiary/aromatic N) is 2. The van der Waals surface area contributed by atoms with E-state index < -0.39 is 0 Å². The lowest BCUT2D eigenvalue weighted by Gasteiger charge is -2.13. The highest BCUT2D eigenvalue weighted by Crippen LogP contribution is 2.15. The molecule has 1 aromatic carbocycles. The van der Waals surface area contributed by atoms with Gasteiger partial charge in [-0.3, -0.25) is 9.48 Å². The van der Waals surface area contributed by atoms with Crippen LogP contribution in [0.5, 0.6) is 0 Å². The average molecular weight is 243 g/mol. The van der Waals surface area contributed by atoms with Crippen LogP contribution in [0.25, 0.3) is 0 Å². The van der Waals surface area contributed by atoms with Crippen LogP contribution < -0.4 is 5.32 Å². The summed E-state index contributed by atoms with van der Waals surface area (Å²) in [5, 5.41) is 7.05. The second-order valence-electron chi connectivity index (χ2n) is 4.40. The summed E-state index contributed by atoms with van der Waals surface area (Å²) in [6.07, 6.45) is 4.00. The van der Waals surface area contributed by atoms with Crippen molar-refractivity contribution in [2.75, 3.05) is 5.32 Å². The van der Waals surface area contributed by atoms with Gasteiger partial charge in [0.1, 0.15) is 0 Å². The number of aromatic nitrogens is 2. The van der Waals surface area contributed by atoms with Crippen molar-refractivity contribution in [2.45, 2.75) is 26.3 Å². The first-order chi connectivity index (χ1) is 8.66. The fraction of sp³-hybridized carbons (Fsp3) is 0.286. The van der Waals surface area contributed by atoms with E-state index in [1.165, 1.54) is 0 Å². The molecule has 0 saturated heterocycles. The second kappa shape index (κ2) is 5.49. The number of hydrogen-bond donors (Lipinski definition) is 1. The Morgan fingerprint density at radius 2 is 2.17 bits per heavy atom. The van der Waals surface area contributed by atoms with Crippen molar-refractivity contribution in [1.82, 2.24) is 9.78 Å². The van der Waals surface area contributed by atoms with Crippen LogP contribution in [-0.2, 0) is 4.79 Å². The van der Waals surface area contributed by atoms with Crippen LogP contribution in [0.4, 0.5) is 5.69 Å².